The van der Waals surface area contributed by atoms with E-state index in [1.54, 1.807) is 0 Å². The summed E-state index contributed by atoms with van der Waals surface area (Å²) in [7, 11) is 2.12. The van der Waals surface area contributed by atoms with Crippen LogP contribution >= 0.6 is 15.9 Å². The maximum Gasteiger partial charge on any atom is 0.225 e. The highest BCUT2D eigenvalue weighted by molar-refractivity contribution is 9.10. The summed E-state index contributed by atoms with van der Waals surface area (Å²) in [6.07, 6.45) is 6.02. The molecule has 1 fully saturated rings. The van der Waals surface area contributed by atoms with Crippen molar-refractivity contribution in [1.29, 1.82) is 0 Å². The quantitative estimate of drug-likeness (QED) is 0.853. The minimum atomic E-state index is 0.0846. The Balaban J connectivity index is 1.69. The number of anilines is 1. The van der Waals surface area contributed by atoms with Crippen molar-refractivity contribution in [1.82, 2.24) is 4.90 Å². The monoisotopic (exact) mass is 338 g/mol. The van der Waals surface area contributed by atoms with Crippen molar-refractivity contribution < 1.29 is 4.79 Å². The molecule has 1 aromatic carbocycles. The molecular weight excluding hydrogens is 316 g/mol. The number of hydrogen-bond donors (Lipinski definition) is 1. The lowest BCUT2D eigenvalue weighted by atomic mass is 10.1. The lowest BCUT2D eigenvalue weighted by molar-refractivity contribution is -0.116. The van der Waals surface area contributed by atoms with Gasteiger partial charge in [0.05, 0.1) is 0 Å². The third kappa shape index (κ3) is 5.25. The summed E-state index contributed by atoms with van der Waals surface area (Å²) in [4.78, 5) is 14.2. The van der Waals surface area contributed by atoms with Gasteiger partial charge >= 0.3 is 0 Å². The number of nitrogens with one attached hydrogen (secondary N) is 1. The van der Waals surface area contributed by atoms with Crippen molar-refractivity contribution >= 4 is 27.5 Å². The number of amides is 1. The third-order valence-corrected chi connectivity index (χ3v) is 4.37. The summed E-state index contributed by atoms with van der Waals surface area (Å²) in [5, 5.41) is 2.94. The van der Waals surface area contributed by atoms with E-state index in [-0.39, 0.29) is 5.91 Å². The van der Waals surface area contributed by atoms with E-state index in [2.05, 4.69) is 33.2 Å². The molecule has 4 heteroatoms. The van der Waals surface area contributed by atoms with E-state index in [9.17, 15) is 4.79 Å². The number of benzene rings is 1. The summed E-state index contributed by atoms with van der Waals surface area (Å²) in [5.74, 6) is 0.925. The van der Waals surface area contributed by atoms with Gasteiger partial charge in [-0.25, -0.2) is 0 Å². The SMILES string of the molecule is CN(CCC(=O)Nc1cccc(Br)c1)CC1CCCC1. The van der Waals surface area contributed by atoms with E-state index < -0.39 is 0 Å². The molecule has 1 aromatic rings. The number of halogens is 1. The Morgan fingerprint density at radius 3 is 2.85 bits per heavy atom. The first-order valence-electron chi connectivity index (χ1n) is 7.37. The van der Waals surface area contributed by atoms with Crippen LogP contribution in [-0.2, 0) is 4.79 Å². The average Bonchev–Trinajstić information content (AvgIpc) is 2.89. The second kappa shape index (κ2) is 7.79. The van der Waals surface area contributed by atoms with Crippen LogP contribution in [0.25, 0.3) is 0 Å². The fourth-order valence-corrected chi connectivity index (χ4v) is 3.21. The molecule has 1 aliphatic carbocycles. The van der Waals surface area contributed by atoms with Gasteiger partial charge in [-0.2, -0.15) is 0 Å². The molecule has 0 bridgehead atoms. The number of carbonyl (C=O) groups excluding carboxylic acids is 1. The largest absolute Gasteiger partial charge is 0.326 e. The summed E-state index contributed by atoms with van der Waals surface area (Å²) in [6.45, 7) is 1.96. The zero-order valence-electron chi connectivity index (χ0n) is 12.1. The zero-order valence-corrected chi connectivity index (χ0v) is 13.7. The molecule has 1 amide bonds. The van der Waals surface area contributed by atoms with Gasteiger partial charge in [0.2, 0.25) is 5.91 Å². The van der Waals surface area contributed by atoms with Gasteiger partial charge in [0.1, 0.15) is 0 Å². The van der Waals surface area contributed by atoms with Crippen LogP contribution in [0.4, 0.5) is 5.69 Å². The number of rotatable bonds is 6. The number of carbonyl (C=O) groups is 1. The van der Waals surface area contributed by atoms with Gasteiger partial charge in [0.15, 0.2) is 0 Å². The number of nitrogens with zero attached hydrogens (tertiary/aromatic N) is 1. The standard InChI is InChI=1S/C16H23BrN2O/c1-19(12-13-5-2-3-6-13)10-9-16(20)18-15-8-4-7-14(17)11-15/h4,7-8,11,13H,2-3,5-6,9-10,12H2,1H3,(H,18,20). The molecule has 0 aromatic heterocycles. The maximum absolute atomic E-state index is 11.9. The van der Waals surface area contributed by atoms with Crippen molar-refractivity contribution in [2.24, 2.45) is 5.92 Å². The fraction of sp³-hybridized carbons (Fsp3) is 0.562. The highest BCUT2D eigenvalue weighted by atomic mass is 79.9. The molecule has 0 spiro atoms. The van der Waals surface area contributed by atoms with Crippen LogP contribution in [0.5, 0.6) is 0 Å². The van der Waals surface area contributed by atoms with E-state index in [0.29, 0.717) is 6.42 Å². The van der Waals surface area contributed by atoms with E-state index in [0.717, 1.165) is 29.2 Å². The Morgan fingerprint density at radius 1 is 1.40 bits per heavy atom. The fourth-order valence-electron chi connectivity index (χ4n) is 2.81. The van der Waals surface area contributed by atoms with E-state index in [1.165, 1.54) is 25.7 Å². The Labute approximate surface area is 129 Å². The predicted molar refractivity (Wildman–Crippen MR) is 86.8 cm³/mol. The van der Waals surface area contributed by atoms with Gasteiger partial charge in [-0.1, -0.05) is 34.8 Å². The Morgan fingerprint density at radius 2 is 2.15 bits per heavy atom. The van der Waals surface area contributed by atoms with Crippen molar-refractivity contribution in [3.8, 4) is 0 Å². The third-order valence-electron chi connectivity index (χ3n) is 3.87. The predicted octanol–water partition coefficient (Wildman–Crippen LogP) is 3.90. The average molecular weight is 339 g/mol. The maximum atomic E-state index is 11.9. The highest BCUT2D eigenvalue weighted by Crippen LogP contribution is 2.25. The van der Waals surface area contributed by atoms with Gasteiger partial charge < -0.3 is 10.2 Å². The molecule has 110 valence electrons. The molecule has 0 radical (unpaired) electrons. The summed E-state index contributed by atoms with van der Waals surface area (Å²) in [6, 6.07) is 7.70. The van der Waals surface area contributed by atoms with Crippen LogP contribution in [0.15, 0.2) is 28.7 Å². The second-order valence-electron chi connectivity index (χ2n) is 5.72. The molecule has 0 atom stereocenters. The lowest BCUT2D eigenvalue weighted by Gasteiger charge is -2.20. The topological polar surface area (TPSA) is 32.3 Å². The normalized spacial score (nSPS) is 15.8. The van der Waals surface area contributed by atoms with Crippen LogP contribution in [0.2, 0.25) is 0 Å². The molecule has 20 heavy (non-hydrogen) atoms. The second-order valence-corrected chi connectivity index (χ2v) is 6.64. The molecule has 1 aliphatic rings. The molecule has 3 nitrogen and oxygen atoms in total. The van der Waals surface area contributed by atoms with Crippen molar-refractivity contribution in [3.05, 3.63) is 28.7 Å². The van der Waals surface area contributed by atoms with Crippen molar-refractivity contribution in [2.45, 2.75) is 32.1 Å². The van der Waals surface area contributed by atoms with Gasteiger partial charge in [-0.15, -0.1) is 0 Å². The molecular formula is C16H23BrN2O. The summed E-state index contributed by atoms with van der Waals surface area (Å²) in [5.41, 5.74) is 0.850. The van der Waals surface area contributed by atoms with Crippen LogP contribution in [0, 0.1) is 5.92 Å². The Hall–Kier alpha value is -0.870. The first-order valence-corrected chi connectivity index (χ1v) is 8.17. The Kier molecular flexibility index (Phi) is 6.05. The zero-order chi connectivity index (χ0) is 14.4. The van der Waals surface area contributed by atoms with Crippen LogP contribution in [0.1, 0.15) is 32.1 Å². The molecule has 0 saturated heterocycles. The van der Waals surface area contributed by atoms with Gasteiger partial charge in [-0.3, -0.25) is 4.79 Å². The van der Waals surface area contributed by atoms with Crippen LogP contribution in [-0.4, -0.2) is 30.9 Å². The summed E-state index contributed by atoms with van der Waals surface area (Å²) < 4.78 is 0.980. The molecule has 0 unspecified atom stereocenters. The summed E-state index contributed by atoms with van der Waals surface area (Å²) >= 11 is 3.40. The molecule has 0 heterocycles. The minimum absolute atomic E-state index is 0.0846. The van der Waals surface area contributed by atoms with E-state index >= 15 is 0 Å². The minimum Gasteiger partial charge on any atom is -0.326 e. The van der Waals surface area contributed by atoms with Gasteiger partial charge in [-0.05, 0) is 44.0 Å². The number of hydrogen-bond acceptors (Lipinski definition) is 2. The van der Waals surface area contributed by atoms with Crippen LogP contribution in [0.3, 0.4) is 0 Å². The first-order chi connectivity index (χ1) is 9.63. The van der Waals surface area contributed by atoms with E-state index in [1.807, 2.05) is 24.3 Å². The first kappa shape index (κ1) is 15.5. The molecule has 1 N–H and O–H groups in total. The van der Waals surface area contributed by atoms with E-state index in [4.69, 9.17) is 0 Å². The molecule has 0 aliphatic heterocycles. The Bertz CT molecular complexity index is 444. The highest BCUT2D eigenvalue weighted by Gasteiger charge is 2.17. The smallest absolute Gasteiger partial charge is 0.225 e. The van der Waals surface area contributed by atoms with Crippen molar-refractivity contribution in [2.75, 3.05) is 25.5 Å². The van der Waals surface area contributed by atoms with Crippen molar-refractivity contribution in [3.63, 3.8) is 0 Å². The van der Waals surface area contributed by atoms with Gasteiger partial charge in [0.25, 0.3) is 0 Å². The lowest BCUT2D eigenvalue weighted by Crippen LogP contribution is -2.28. The molecule has 2 rings (SSSR count). The van der Waals surface area contributed by atoms with Gasteiger partial charge in [0, 0.05) is 29.7 Å². The molecule has 1 saturated carbocycles. The van der Waals surface area contributed by atoms with Crippen LogP contribution < -0.4 is 5.32 Å².